The van der Waals surface area contributed by atoms with Crippen LogP contribution in [0.3, 0.4) is 0 Å². The largest absolute Gasteiger partial charge is 0.352 e. The van der Waals surface area contributed by atoms with Crippen molar-refractivity contribution in [1.82, 2.24) is 14.3 Å². The van der Waals surface area contributed by atoms with E-state index in [-0.39, 0.29) is 6.54 Å². The summed E-state index contributed by atoms with van der Waals surface area (Å²) in [6.07, 6.45) is -0.530. The molecule has 0 radical (unpaired) electrons. The minimum absolute atomic E-state index is 0.133. The second-order valence-electron chi connectivity index (χ2n) is 3.84. The average Bonchev–Trinajstić information content (AvgIpc) is 2.38. The molecule has 0 aromatic carbocycles. The maximum atomic E-state index is 12.0. The zero-order valence-corrected chi connectivity index (χ0v) is 11.8. The highest BCUT2D eigenvalue weighted by Crippen LogP contribution is 2.01. The molecule has 1 rings (SSSR count). The van der Waals surface area contributed by atoms with E-state index in [4.69, 9.17) is 9.47 Å². The molecule has 0 spiro atoms. The Morgan fingerprint density at radius 3 is 2.28 bits per heavy atom. The van der Waals surface area contributed by atoms with E-state index >= 15 is 0 Å². The molecular formula is C10H23N3O4S. The summed E-state index contributed by atoms with van der Waals surface area (Å²) in [5, 5.41) is 3.11. The lowest BCUT2D eigenvalue weighted by Crippen LogP contribution is -2.51. The highest BCUT2D eigenvalue weighted by atomic mass is 32.2. The summed E-state index contributed by atoms with van der Waals surface area (Å²) < 4.78 is 38.5. The minimum Gasteiger partial charge on any atom is -0.352 e. The van der Waals surface area contributed by atoms with Crippen LogP contribution in [0.15, 0.2) is 0 Å². The van der Waals surface area contributed by atoms with Crippen molar-refractivity contribution < 1.29 is 17.9 Å². The summed E-state index contributed by atoms with van der Waals surface area (Å²) in [6.45, 7) is 7.14. The quantitative estimate of drug-likeness (QED) is 0.565. The SMILES string of the molecule is CCOC(CNS(=O)(=O)N1CCNCC1)OCC. The van der Waals surface area contributed by atoms with Crippen molar-refractivity contribution in [3.63, 3.8) is 0 Å². The normalized spacial score (nSPS) is 18.4. The molecule has 1 fully saturated rings. The molecule has 0 aromatic heterocycles. The van der Waals surface area contributed by atoms with Crippen molar-refractivity contribution in [2.75, 3.05) is 45.9 Å². The van der Waals surface area contributed by atoms with E-state index in [1.807, 2.05) is 13.8 Å². The molecule has 108 valence electrons. The molecule has 1 aliphatic heterocycles. The monoisotopic (exact) mass is 281 g/mol. The molecule has 2 N–H and O–H groups in total. The van der Waals surface area contributed by atoms with Gasteiger partial charge in [-0.3, -0.25) is 0 Å². The Kier molecular flexibility index (Phi) is 7.05. The van der Waals surface area contributed by atoms with Crippen molar-refractivity contribution in [1.29, 1.82) is 0 Å². The Bertz CT molecular complexity index is 311. The molecule has 0 saturated carbocycles. The van der Waals surface area contributed by atoms with E-state index < -0.39 is 16.5 Å². The molecule has 7 nitrogen and oxygen atoms in total. The minimum atomic E-state index is -3.43. The lowest BCUT2D eigenvalue weighted by molar-refractivity contribution is -0.130. The predicted octanol–water partition coefficient (Wildman–Crippen LogP) is -0.875. The summed E-state index contributed by atoms with van der Waals surface area (Å²) in [6, 6.07) is 0. The Morgan fingerprint density at radius 2 is 1.78 bits per heavy atom. The van der Waals surface area contributed by atoms with Crippen LogP contribution in [0.25, 0.3) is 0 Å². The average molecular weight is 281 g/mol. The van der Waals surface area contributed by atoms with Gasteiger partial charge in [0.25, 0.3) is 10.2 Å². The number of hydrogen-bond donors (Lipinski definition) is 2. The van der Waals surface area contributed by atoms with Crippen LogP contribution in [-0.4, -0.2) is 65.0 Å². The standard InChI is InChI=1S/C10H23N3O4S/c1-3-16-10(17-4-2)9-12-18(14,15)13-7-5-11-6-8-13/h10-12H,3-9H2,1-2H3. The Balaban J connectivity index is 2.43. The zero-order chi connectivity index (χ0) is 13.4. The first-order valence-electron chi connectivity index (χ1n) is 6.28. The predicted molar refractivity (Wildman–Crippen MR) is 68.4 cm³/mol. The number of nitrogens with one attached hydrogen (secondary N) is 2. The van der Waals surface area contributed by atoms with Gasteiger partial charge in [0, 0.05) is 39.4 Å². The van der Waals surface area contributed by atoms with Crippen LogP contribution in [0.4, 0.5) is 0 Å². The summed E-state index contributed by atoms with van der Waals surface area (Å²) in [4.78, 5) is 0. The molecular weight excluding hydrogens is 258 g/mol. The highest BCUT2D eigenvalue weighted by Gasteiger charge is 2.24. The number of ether oxygens (including phenoxy) is 2. The van der Waals surface area contributed by atoms with E-state index in [0.717, 1.165) is 0 Å². The fourth-order valence-electron chi connectivity index (χ4n) is 1.69. The van der Waals surface area contributed by atoms with Gasteiger partial charge < -0.3 is 14.8 Å². The van der Waals surface area contributed by atoms with E-state index in [1.165, 1.54) is 4.31 Å². The maximum Gasteiger partial charge on any atom is 0.279 e. The van der Waals surface area contributed by atoms with Gasteiger partial charge in [0.1, 0.15) is 0 Å². The maximum absolute atomic E-state index is 12.0. The molecule has 1 heterocycles. The molecule has 1 aliphatic rings. The van der Waals surface area contributed by atoms with Gasteiger partial charge in [-0.25, -0.2) is 0 Å². The molecule has 0 aliphatic carbocycles. The molecule has 0 bridgehead atoms. The van der Waals surface area contributed by atoms with Crippen LogP contribution in [0.2, 0.25) is 0 Å². The second kappa shape index (κ2) is 8.03. The van der Waals surface area contributed by atoms with E-state index in [0.29, 0.717) is 39.4 Å². The second-order valence-corrected chi connectivity index (χ2v) is 5.60. The third-order valence-electron chi connectivity index (χ3n) is 2.55. The Hall–Kier alpha value is -0.250. The Morgan fingerprint density at radius 1 is 1.22 bits per heavy atom. The zero-order valence-electron chi connectivity index (χ0n) is 11.0. The lowest BCUT2D eigenvalue weighted by Gasteiger charge is -2.27. The smallest absolute Gasteiger partial charge is 0.279 e. The van der Waals surface area contributed by atoms with Crippen molar-refractivity contribution in [2.24, 2.45) is 0 Å². The van der Waals surface area contributed by atoms with Crippen LogP contribution in [-0.2, 0) is 19.7 Å². The highest BCUT2D eigenvalue weighted by molar-refractivity contribution is 7.87. The topological polar surface area (TPSA) is 79.9 Å². The molecule has 0 atom stereocenters. The number of nitrogens with zero attached hydrogens (tertiary/aromatic N) is 1. The van der Waals surface area contributed by atoms with Crippen molar-refractivity contribution in [3.8, 4) is 0 Å². The van der Waals surface area contributed by atoms with E-state index in [1.54, 1.807) is 0 Å². The molecule has 8 heteroatoms. The number of piperazine rings is 1. The Labute approximate surface area is 109 Å². The first-order chi connectivity index (χ1) is 8.60. The first kappa shape index (κ1) is 15.8. The molecule has 0 amide bonds. The van der Waals surface area contributed by atoms with Gasteiger partial charge in [-0.15, -0.1) is 0 Å². The van der Waals surface area contributed by atoms with Crippen LogP contribution in [0, 0.1) is 0 Å². The van der Waals surface area contributed by atoms with Crippen molar-refractivity contribution in [3.05, 3.63) is 0 Å². The molecule has 0 aromatic rings. The summed E-state index contributed by atoms with van der Waals surface area (Å²) in [7, 11) is -3.43. The number of hydrogen-bond acceptors (Lipinski definition) is 5. The third-order valence-corrected chi connectivity index (χ3v) is 4.13. The van der Waals surface area contributed by atoms with Gasteiger partial charge >= 0.3 is 0 Å². The molecule has 0 unspecified atom stereocenters. The van der Waals surface area contributed by atoms with Gasteiger partial charge in [0.05, 0.1) is 6.54 Å². The fourth-order valence-corrected chi connectivity index (χ4v) is 2.88. The first-order valence-corrected chi connectivity index (χ1v) is 7.72. The van der Waals surface area contributed by atoms with Gasteiger partial charge in [0.15, 0.2) is 6.29 Å². The van der Waals surface area contributed by atoms with Gasteiger partial charge in [-0.2, -0.15) is 17.4 Å². The van der Waals surface area contributed by atoms with Crippen LogP contribution < -0.4 is 10.0 Å². The van der Waals surface area contributed by atoms with Crippen LogP contribution in [0.1, 0.15) is 13.8 Å². The van der Waals surface area contributed by atoms with Crippen molar-refractivity contribution in [2.45, 2.75) is 20.1 Å². The van der Waals surface area contributed by atoms with Crippen molar-refractivity contribution >= 4 is 10.2 Å². The summed E-state index contributed by atoms with van der Waals surface area (Å²) >= 11 is 0. The lowest BCUT2D eigenvalue weighted by atomic mass is 10.4. The van der Waals surface area contributed by atoms with E-state index in [2.05, 4.69) is 10.0 Å². The van der Waals surface area contributed by atoms with Crippen LogP contribution >= 0.6 is 0 Å². The van der Waals surface area contributed by atoms with Gasteiger partial charge in [0.2, 0.25) is 0 Å². The van der Waals surface area contributed by atoms with Gasteiger partial charge in [-0.05, 0) is 13.8 Å². The number of rotatable bonds is 8. The summed E-state index contributed by atoms with van der Waals surface area (Å²) in [5.41, 5.74) is 0. The van der Waals surface area contributed by atoms with E-state index in [9.17, 15) is 8.42 Å². The summed E-state index contributed by atoms with van der Waals surface area (Å²) in [5.74, 6) is 0. The molecule has 18 heavy (non-hydrogen) atoms. The fraction of sp³-hybridized carbons (Fsp3) is 1.00. The van der Waals surface area contributed by atoms with Crippen LogP contribution in [0.5, 0.6) is 0 Å². The third kappa shape index (κ3) is 5.17. The van der Waals surface area contributed by atoms with Gasteiger partial charge in [-0.1, -0.05) is 0 Å². The molecule has 1 saturated heterocycles.